The first-order chi connectivity index (χ1) is 8.13. The maximum absolute atomic E-state index is 12.4. The molecule has 1 amide bonds. The van der Waals surface area contributed by atoms with Crippen LogP contribution in [0.3, 0.4) is 0 Å². The zero-order valence-electron chi connectivity index (χ0n) is 10.5. The van der Waals surface area contributed by atoms with Crippen molar-refractivity contribution in [3.05, 3.63) is 17.1 Å². The maximum atomic E-state index is 12.4. The van der Waals surface area contributed by atoms with Gasteiger partial charge in [0.2, 0.25) is 0 Å². The fraction of sp³-hybridized carbons (Fsp3) is 0.583. The van der Waals surface area contributed by atoms with Crippen molar-refractivity contribution in [1.29, 1.82) is 0 Å². The number of hydrogen-bond donors (Lipinski definition) is 0. The molecule has 1 aliphatic heterocycles. The van der Waals surface area contributed by atoms with Crippen molar-refractivity contribution in [1.82, 2.24) is 14.9 Å². The van der Waals surface area contributed by atoms with Crippen LogP contribution in [0.5, 0.6) is 0 Å². The molecule has 0 radical (unpaired) electrons. The van der Waals surface area contributed by atoms with Crippen molar-refractivity contribution in [2.45, 2.75) is 31.7 Å². The Bertz CT molecular complexity index is 442. The molecular formula is C12H17N3OS. The van der Waals surface area contributed by atoms with Crippen molar-refractivity contribution in [2.24, 2.45) is 0 Å². The van der Waals surface area contributed by atoms with Crippen molar-refractivity contribution >= 4 is 17.7 Å². The van der Waals surface area contributed by atoms with Crippen LogP contribution >= 0.6 is 11.8 Å². The van der Waals surface area contributed by atoms with Gasteiger partial charge in [0.05, 0.1) is 11.3 Å². The highest BCUT2D eigenvalue weighted by atomic mass is 32.2. The standard InChI is InChI=1S/C12H17N3OS/c1-8-10(11(17-3)14-9(2)13-8)12(16)15-6-4-5-7-15/h4-7H2,1-3H3. The minimum absolute atomic E-state index is 0.0874. The highest BCUT2D eigenvalue weighted by Crippen LogP contribution is 2.23. The van der Waals surface area contributed by atoms with E-state index in [1.165, 1.54) is 11.8 Å². The van der Waals surface area contributed by atoms with Crippen molar-refractivity contribution < 1.29 is 4.79 Å². The third-order valence-electron chi connectivity index (χ3n) is 2.97. The summed E-state index contributed by atoms with van der Waals surface area (Å²) in [6, 6.07) is 0. The molecule has 92 valence electrons. The summed E-state index contributed by atoms with van der Waals surface area (Å²) in [4.78, 5) is 22.9. The van der Waals surface area contributed by atoms with E-state index in [9.17, 15) is 4.79 Å². The smallest absolute Gasteiger partial charge is 0.258 e. The van der Waals surface area contributed by atoms with Crippen LogP contribution in [0, 0.1) is 13.8 Å². The average molecular weight is 251 g/mol. The fourth-order valence-corrected chi connectivity index (χ4v) is 2.82. The molecule has 0 unspecified atom stereocenters. The van der Waals surface area contributed by atoms with Gasteiger partial charge in [-0.2, -0.15) is 0 Å². The number of rotatable bonds is 2. The van der Waals surface area contributed by atoms with Crippen LogP contribution in [-0.2, 0) is 0 Å². The molecular weight excluding hydrogens is 234 g/mol. The number of thioether (sulfide) groups is 1. The molecule has 1 aromatic heterocycles. The largest absolute Gasteiger partial charge is 0.339 e. The Kier molecular flexibility index (Phi) is 3.66. The lowest BCUT2D eigenvalue weighted by molar-refractivity contribution is 0.0787. The van der Waals surface area contributed by atoms with Crippen LogP contribution in [0.25, 0.3) is 0 Å². The molecule has 0 N–H and O–H groups in total. The van der Waals surface area contributed by atoms with E-state index < -0.39 is 0 Å². The van der Waals surface area contributed by atoms with Gasteiger partial charge >= 0.3 is 0 Å². The summed E-state index contributed by atoms with van der Waals surface area (Å²) in [5.74, 6) is 0.814. The SMILES string of the molecule is CSc1nc(C)nc(C)c1C(=O)N1CCCC1. The number of hydrogen-bond acceptors (Lipinski definition) is 4. The van der Waals surface area contributed by atoms with E-state index in [2.05, 4.69) is 9.97 Å². The number of amides is 1. The predicted molar refractivity (Wildman–Crippen MR) is 68.4 cm³/mol. The van der Waals surface area contributed by atoms with Gasteiger partial charge in [0.15, 0.2) is 0 Å². The predicted octanol–water partition coefficient (Wildman–Crippen LogP) is 2.05. The Hall–Kier alpha value is -1.10. The lowest BCUT2D eigenvalue weighted by atomic mass is 10.2. The molecule has 1 aromatic rings. The van der Waals surface area contributed by atoms with Crippen LogP contribution in [0.4, 0.5) is 0 Å². The molecule has 0 aliphatic carbocycles. The summed E-state index contributed by atoms with van der Waals surface area (Å²) in [6.07, 6.45) is 4.15. The first-order valence-electron chi connectivity index (χ1n) is 5.82. The summed E-state index contributed by atoms with van der Waals surface area (Å²) >= 11 is 1.51. The number of carbonyl (C=O) groups excluding carboxylic acids is 1. The summed E-state index contributed by atoms with van der Waals surface area (Å²) in [5, 5.41) is 0.798. The minimum atomic E-state index is 0.0874. The third-order valence-corrected chi connectivity index (χ3v) is 3.65. The Labute approximate surface area is 106 Å². The number of likely N-dealkylation sites (tertiary alicyclic amines) is 1. The van der Waals surface area contributed by atoms with Gasteiger partial charge in [-0.05, 0) is 32.9 Å². The summed E-state index contributed by atoms with van der Waals surface area (Å²) in [5.41, 5.74) is 1.48. The number of aryl methyl sites for hydroxylation is 2. The summed E-state index contributed by atoms with van der Waals surface area (Å²) < 4.78 is 0. The van der Waals surface area contributed by atoms with Crippen LogP contribution < -0.4 is 0 Å². The Morgan fingerprint density at radius 1 is 1.24 bits per heavy atom. The lowest BCUT2D eigenvalue weighted by Gasteiger charge is -2.18. The summed E-state index contributed by atoms with van der Waals surface area (Å²) in [7, 11) is 0. The van der Waals surface area contributed by atoms with Crippen LogP contribution in [0.1, 0.15) is 34.7 Å². The van der Waals surface area contributed by atoms with E-state index in [4.69, 9.17) is 0 Å². The molecule has 4 nitrogen and oxygen atoms in total. The van der Waals surface area contributed by atoms with Gasteiger partial charge in [0, 0.05) is 13.1 Å². The molecule has 5 heteroatoms. The third kappa shape index (κ3) is 2.44. The zero-order valence-corrected chi connectivity index (χ0v) is 11.3. The van der Waals surface area contributed by atoms with E-state index in [1.807, 2.05) is 25.0 Å². The van der Waals surface area contributed by atoms with Gasteiger partial charge in [-0.1, -0.05) is 0 Å². The molecule has 2 heterocycles. The van der Waals surface area contributed by atoms with E-state index in [0.29, 0.717) is 5.56 Å². The van der Waals surface area contributed by atoms with E-state index in [-0.39, 0.29) is 5.91 Å². The number of nitrogens with zero attached hydrogens (tertiary/aromatic N) is 3. The number of carbonyl (C=O) groups is 1. The molecule has 1 saturated heterocycles. The van der Waals surface area contributed by atoms with Gasteiger partial charge in [-0.15, -0.1) is 11.8 Å². The monoisotopic (exact) mass is 251 g/mol. The second-order valence-electron chi connectivity index (χ2n) is 4.24. The molecule has 0 atom stereocenters. The second-order valence-corrected chi connectivity index (χ2v) is 5.03. The second kappa shape index (κ2) is 5.04. The number of aromatic nitrogens is 2. The van der Waals surface area contributed by atoms with Gasteiger partial charge in [-0.25, -0.2) is 9.97 Å². The minimum Gasteiger partial charge on any atom is -0.339 e. The van der Waals surface area contributed by atoms with Gasteiger partial charge in [0.25, 0.3) is 5.91 Å². The van der Waals surface area contributed by atoms with Gasteiger partial charge in [-0.3, -0.25) is 4.79 Å². The quantitative estimate of drug-likeness (QED) is 0.596. The van der Waals surface area contributed by atoms with E-state index in [0.717, 1.165) is 42.5 Å². The maximum Gasteiger partial charge on any atom is 0.258 e. The van der Waals surface area contributed by atoms with Crippen molar-refractivity contribution in [3.8, 4) is 0 Å². The molecule has 1 fully saturated rings. The highest BCUT2D eigenvalue weighted by molar-refractivity contribution is 7.98. The molecule has 0 bridgehead atoms. The molecule has 0 spiro atoms. The van der Waals surface area contributed by atoms with E-state index >= 15 is 0 Å². The van der Waals surface area contributed by atoms with Crippen LogP contribution in [-0.4, -0.2) is 40.1 Å². The Morgan fingerprint density at radius 2 is 1.88 bits per heavy atom. The van der Waals surface area contributed by atoms with E-state index in [1.54, 1.807) is 0 Å². The van der Waals surface area contributed by atoms with Crippen molar-refractivity contribution in [2.75, 3.05) is 19.3 Å². The summed E-state index contributed by atoms with van der Waals surface area (Å²) in [6.45, 7) is 5.47. The lowest BCUT2D eigenvalue weighted by Crippen LogP contribution is -2.29. The van der Waals surface area contributed by atoms with Gasteiger partial charge in [0.1, 0.15) is 10.9 Å². The fourth-order valence-electron chi connectivity index (χ4n) is 2.15. The first-order valence-corrected chi connectivity index (χ1v) is 7.04. The highest BCUT2D eigenvalue weighted by Gasteiger charge is 2.24. The van der Waals surface area contributed by atoms with Crippen molar-refractivity contribution in [3.63, 3.8) is 0 Å². The zero-order chi connectivity index (χ0) is 12.4. The average Bonchev–Trinajstić information content (AvgIpc) is 2.80. The topological polar surface area (TPSA) is 46.1 Å². The van der Waals surface area contributed by atoms with Crippen LogP contribution in [0.2, 0.25) is 0 Å². The normalized spacial score (nSPS) is 15.4. The molecule has 0 saturated carbocycles. The first kappa shape index (κ1) is 12.4. The molecule has 2 rings (SSSR count). The molecule has 0 aromatic carbocycles. The Balaban J connectivity index is 2.39. The van der Waals surface area contributed by atoms with Crippen LogP contribution in [0.15, 0.2) is 5.03 Å². The molecule has 1 aliphatic rings. The Morgan fingerprint density at radius 3 is 2.47 bits per heavy atom. The van der Waals surface area contributed by atoms with Gasteiger partial charge < -0.3 is 4.90 Å². The molecule has 17 heavy (non-hydrogen) atoms.